The monoisotopic (exact) mass is 368 g/mol. The molecule has 1 saturated heterocycles. The number of hydrogen-bond donors (Lipinski definition) is 2. The second kappa shape index (κ2) is 6.97. The third-order valence-corrected chi connectivity index (χ3v) is 4.16. The van der Waals surface area contributed by atoms with Gasteiger partial charge in [0.25, 0.3) is 11.8 Å². The summed E-state index contributed by atoms with van der Waals surface area (Å²) in [6.07, 6.45) is 1.40. The predicted molar refractivity (Wildman–Crippen MR) is 102 cm³/mol. The summed E-state index contributed by atoms with van der Waals surface area (Å²) >= 11 is 5.17. The molecule has 0 unspecified atom stereocenters. The predicted octanol–water partition coefficient (Wildman–Crippen LogP) is 2.54. The highest BCUT2D eigenvalue weighted by molar-refractivity contribution is 7.80. The van der Waals surface area contributed by atoms with Gasteiger partial charge >= 0.3 is 0 Å². The Bertz CT molecular complexity index is 952. The minimum absolute atomic E-state index is 0.0281. The fourth-order valence-electron chi connectivity index (χ4n) is 2.62. The minimum atomic E-state index is -0.584. The zero-order valence-electron chi connectivity index (χ0n) is 14.1. The van der Waals surface area contributed by atoms with Crippen molar-refractivity contribution in [3.05, 3.63) is 59.2 Å². The number of ether oxygens (including phenoxy) is 1. The Morgan fingerprint density at radius 2 is 1.96 bits per heavy atom. The maximum atomic E-state index is 12.9. The first-order chi connectivity index (χ1) is 12.4. The van der Waals surface area contributed by atoms with E-state index < -0.39 is 11.8 Å². The van der Waals surface area contributed by atoms with Gasteiger partial charge in [0, 0.05) is 0 Å². The van der Waals surface area contributed by atoms with Crippen molar-refractivity contribution in [1.29, 1.82) is 0 Å². The van der Waals surface area contributed by atoms with E-state index in [9.17, 15) is 14.7 Å². The van der Waals surface area contributed by atoms with Crippen LogP contribution in [0.5, 0.6) is 11.5 Å². The van der Waals surface area contributed by atoms with Crippen LogP contribution in [0.1, 0.15) is 11.1 Å². The lowest BCUT2D eigenvalue weighted by Crippen LogP contribution is -2.54. The third-order valence-electron chi connectivity index (χ3n) is 3.88. The number of rotatable bonds is 3. The maximum Gasteiger partial charge on any atom is 0.270 e. The van der Waals surface area contributed by atoms with Crippen LogP contribution in [0.25, 0.3) is 6.08 Å². The van der Waals surface area contributed by atoms with Gasteiger partial charge in [-0.3, -0.25) is 19.8 Å². The van der Waals surface area contributed by atoms with Crippen LogP contribution in [-0.4, -0.2) is 29.1 Å². The van der Waals surface area contributed by atoms with Crippen molar-refractivity contribution in [2.75, 3.05) is 12.0 Å². The highest BCUT2D eigenvalue weighted by atomic mass is 32.1. The zero-order valence-corrected chi connectivity index (χ0v) is 15.0. The molecule has 0 spiro atoms. The van der Waals surface area contributed by atoms with Gasteiger partial charge in [-0.2, -0.15) is 0 Å². The van der Waals surface area contributed by atoms with Gasteiger partial charge in [0.2, 0.25) is 0 Å². The van der Waals surface area contributed by atoms with Crippen molar-refractivity contribution in [3.63, 3.8) is 0 Å². The normalized spacial score (nSPS) is 16.0. The summed E-state index contributed by atoms with van der Waals surface area (Å²) in [4.78, 5) is 26.4. The number of nitrogens with one attached hydrogen (secondary N) is 1. The standard InChI is InChI=1S/C19H16N2O4S/c1-11-4-3-5-13(8-11)21-18(24)14(17(23)20-19(21)26)9-12-6-7-16(25-2)15(22)10-12/h3-10,22H,1-2H3,(H,20,23,26)/b14-9-. The second-order valence-electron chi connectivity index (χ2n) is 5.73. The Morgan fingerprint density at radius 1 is 1.19 bits per heavy atom. The second-order valence-corrected chi connectivity index (χ2v) is 6.11. The van der Waals surface area contributed by atoms with E-state index in [1.165, 1.54) is 24.2 Å². The molecule has 2 aromatic rings. The van der Waals surface area contributed by atoms with Crippen LogP contribution < -0.4 is 15.0 Å². The lowest BCUT2D eigenvalue weighted by molar-refractivity contribution is -0.122. The van der Waals surface area contributed by atoms with Crippen molar-refractivity contribution in [2.24, 2.45) is 0 Å². The topological polar surface area (TPSA) is 78.9 Å². The molecule has 1 aliphatic rings. The molecule has 2 aromatic carbocycles. The molecule has 1 fully saturated rings. The van der Waals surface area contributed by atoms with Crippen molar-refractivity contribution < 1.29 is 19.4 Å². The average Bonchev–Trinajstić information content (AvgIpc) is 2.58. The summed E-state index contributed by atoms with van der Waals surface area (Å²) in [5, 5.41) is 12.4. The highest BCUT2D eigenvalue weighted by Crippen LogP contribution is 2.28. The zero-order chi connectivity index (χ0) is 18.8. The third kappa shape index (κ3) is 3.29. The first kappa shape index (κ1) is 17.6. The Balaban J connectivity index is 2.01. The van der Waals surface area contributed by atoms with E-state index in [1.807, 2.05) is 19.1 Å². The summed E-state index contributed by atoms with van der Waals surface area (Å²) in [5.41, 5.74) is 1.94. The Hall–Kier alpha value is -3.19. The van der Waals surface area contributed by atoms with Crippen LogP contribution in [0.3, 0.4) is 0 Å². The number of anilines is 1. The molecule has 0 saturated carbocycles. The van der Waals surface area contributed by atoms with Gasteiger partial charge in [0.15, 0.2) is 16.6 Å². The van der Waals surface area contributed by atoms with Crippen molar-refractivity contribution in [2.45, 2.75) is 6.92 Å². The van der Waals surface area contributed by atoms with Crippen LogP contribution in [0.15, 0.2) is 48.0 Å². The summed E-state index contributed by atoms with van der Waals surface area (Å²) in [6.45, 7) is 1.90. The molecule has 1 heterocycles. The summed E-state index contributed by atoms with van der Waals surface area (Å²) in [5.74, 6) is -0.899. The number of hydrogen-bond acceptors (Lipinski definition) is 5. The Kier molecular flexibility index (Phi) is 4.73. The van der Waals surface area contributed by atoms with Gasteiger partial charge in [0.1, 0.15) is 5.57 Å². The minimum Gasteiger partial charge on any atom is -0.504 e. The van der Waals surface area contributed by atoms with Crippen LogP contribution in [-0.2, 0) is 9.59 Å². The number of amides is 2. The van der Waals surface area contributed by atoms with Crippen molar-refractivity contribution in [3.8, 4) is 11.5 Å². The summed E-state index contributed by atoms with van der Waals surface area (Å²) < 4.78 is 4.99. The maximum absolute atomic E-state index is 12.9. The number of carbonyl (C=O) groups is 2. The van der Waals surface area contributed by atoms with E-state index in [4.69, 9.17) is 17.0 Å². The molecular weight excluding hydrogens is 352 g/mol. The van der Waals surface area contributed by atoms with Crippen molar-refractivity contribution in [1.82, 2.24) is 5.32 Å². The number of thiocarbonyl (C=S) groups is 1. The number of aryl methyl sites for hydroxylation is 1. The number of methoxy groups -OCH3 is 1. The van der Waals surface area contributed by atoms with Crippen molar-refractivity contribution >= 4 is 40.9 Å². The first-order valence-corrected chi connectivity index (χ1v) is 8.16. The molecule has 0 aliphatic carbocycles. The number of aromatic hydroxyl groups is 1. The number of carbonyl (C=O) groups excluding carboxylic acids is 2. The first-order valence-electron chi connectivity index (χ1n) is 7.76. The number of benzene rings is 2. The lowest BCUT2D eigenvalue weighted by atomic mass is 10.1. The van der Waals surface area contributed by atoms with Gasteiger partial charge in [0.05, 0.1) is 12.8 Å². The molecule has 0 radical (unpaired) electrons. The number of nitrogens with zero attached hydrogens (tertiary/aromatic N) is 1. The molecule has 7 heteroatoms. The van der Waals surface area contributed by atoms with E-state index >= 15 is 0 Å². The fraction of sp³-hybridized carbons (Fsp3) is 0.105. The summed E-state index contributed by atoms with van der Waals surface area (Å²) in [6, 6.07) is 11.9. The van der Waals surface area contributed by atoms with E-state index in [1.54, 1.807) is 24.3 Å². The Labute approximate surface area is 155 Å². The molecule has 1 aliphatic heterocycles. The molecule has 132 valence electrons. The van der Waals surface area contributed by atoms with Crippen LogP contribution in [0, 0.1) is 6.92 Å². The summed E-state index contributed by atoms with van der Waals surface area (Å²) in [7, 11) is 1.44. The van der Waals surface area contributed by atoms with Crippen LogP contribution in [0.4, 0.5) is 5.69 Å². The highest BCUT2D eigenvalue weighted by Gasteiger charge is 2.34. The van der Waals surface area contributed by atoms with E-state index in [0.717, 1.165) is 5.56 Å². The SMILES string of the molecule is COc1ccc(/C=C2/C(=O)NC(=S)N(c3cccc(C)c3)C2=O)cc1O. The molecular formula is C19H16N2O4S. The quantitative estimate of drug-likeness (QED) is 0.495. The largest absolute Gasteiger partial charge is 0.504 e. The molecule has 2 N–H and O–H groups in total. The molecule has 0 atom stereocenters. The van der Waals surface area contributed by atoms with E-state index in [-0.39, 0.29) is 16.4 Å². The Morgan fingerprint density at radius 3 is 2.62 bits per heavy atom. The number of phenols is 1. The van der Waals surface area contributed by atoms with Gasteiger partial charge < -0.3 is 9.84 Å². The van der Waals surface area contributed by atoms with E-state index in [2.05, 4.69) is 5.32 Å². The molecule has 0 aromatic heterocycles. The lowest BCUT2D eigenvalue weighted by Gasteiger charge is -2.29. The number of phenolic OH excluding ortho intramolecular Hbond substituents is 1. The van der Waals surface area contributed by atoms with Gasteiger partial charge in [-0.1, -0.05) is 18.2 Å². The van der Waals surface area contributed by atoms with Crippen LogP contribution >= 0.6 is 12.2 Å². The average molecular weight is 368 g/mol. The molecule has 2 amide bonds. The smallest absolute Gasteiger partial charge is 0.270 e. The molecule has 3 rings (SSSR count). The fourth-order valence-corrected chi connectivity index (χ4v) is 2.90. The molecule has 26 heavy (non-hydrogen) atoms. The van der Waals surface area contributed by atoms with Gasteiger partial charge in [-0.05, 0) is 60.6 Å². The van der Waals surface area contributed by atoms with Gasteiger partial charge in [-0.25, -0.2) is 0 Å². The molecule has 0 bridgehead atoms. The van der Waals surface area contributed by atoms with E-state index in [0.29, 0.717) is 17.0 Å². The van der Waals surface area contributed by atoms with Crippen LogP contribution in [0.2, 0.25) is 0 Å². The van der Waals surface area contributed by atoms with Gasteiger partial charge in [-0.15, -0.1) is 0 Å². The molecule has 6 nitrogen and oxygen atoms in total.